The molecule has 0 aromatic heterocycles. The summed E-state index contributed by atoms with van der Waals surface area (Å²) in [5, 5.41) is 13.7. The summed E-state index contributed by atoms with van der Waals surface area (Å²) in [5.74, 6) is -3.17. The summed E-state index contributed by atoms with van der Waals surface area (Å²) in [4.78, 5) is 42.3. The van der Waals surface area contributed by atoms with Crippen molar-refractivity contribution in [3.8, 4) is 0 Å². The molecule has 0 aliphatic carbocycles. The standard InChI is InChI=1S/C27H28BrClN2O6/c1-2-36-26(35)20-21-25(34)31(16(14-32)12-15-8-4-3-5-9-15)23(27(21)13-17(28)22(20)37-27)24(33)30-19-11-7-6-10-18(19)29/h3-11,16-17,20-23,32H,2,12-14H2,1H3,(H,30,33)/t16-,17?,20-,21+,22-,23-,27+/m1/s1. The number of rotatable bonds is 8. The number of esters is 1. The fraction of sp³-hybridized carbons (Fsp3) is 0.444. The second-order valence-electron chi connectivity index (χ2n) is 9.66. The van der Waals surface area contributed by atoms with Crippen molar-refractivity contribution in [1.29, 1.82) is 0 Å². The predicted octanol–water partition coefficient (Wildman–Crippen LogP) is 3.19. The van der Waals surface area contributed by atoms with Crippen LogP contribution in [0.25, 0.3) is 0 Å². The molecule has 3 aliphatic heterocycles. The van der Waals surface area contributed by atoms with Crippen LogP contribution in [-0.2, 0) is 30.3 Å². The van der Waals surface area contributed by atoms with Gasteiger partial charge in [-0.3, -0.25) is 14.4 Å². The van der Waals surface area contributed by atoms with Gasteiger partial charge in [0.05, 0.1) is 47.9 Å². The quantitative estimate of drug-likeness (QED) is 0.361. The van der Waals surface area contributed by atoms with Gasteiger partial charge >= 0.3 is 5.97 Å². The van der Waals surface area contributed by atoms with Crippen LogP contribution in [0.2, 0.25) is 5.02 Å². The van der Waals surface area contributed by atoms with Crippen LogP contribution in [0.15, 0.2) is 54.6 Å². The number of ether oxygens (including phenoxy) is 2. The van der Waals surface area contributed by atoms with Crippen molar-refractivity contribution < 1.29 is 29.0 Å². The summed E-state index contributed by atoms with van der Waals surface area (Å²) in [6.07, 6.45) is 0.0739. The van der Waals surface area contributed by atoms with E-state index in [9.17, 15) is 19.5 Å². The number of hydrogen-bond donors (Lipinski definition) is 2. The number of nitrogens with one attached hydrogen (secondary N) is 1. The number of aliphatic hydroxyl groups is 1. The van der Waals surface area contributed by atoms with Crippen LogP contribution in [0.4, 0.5) is 5.69 Å². The van der Waals surface area contributed by atoms with Crippen molar-refractivity contribution in [2.24, 2.45) is 11.8 Å². The Bertz CT molecular complexity index is 1200. The van der Waals surface area contributed by atoms with Crippen LogP contribution in [0.3, 0.4) is 0 Å². The number of likely N-dealkylation sites (tertiary alicyclic amines) is 1. The van der Waals surface area contributed by atoms with Crippen LogP contribution < -0.4 is 5.32 Å². The zero-order chi connectivity index (χ0) is 26.3. The number of carbonyl (C=O) groups is 3. The van der Waals surface area contributed by atoms with E-state index >= 15 is 0 Å². The van der Waals surface area contributed by atoms with E-state index in [0.717, 1.165) is 5.56 Å². The molecule has 0 saturated carbocycles. The van der Waals surface area contributed by atoms with E-state index in [1.165, 1.54) is 4.90 Å². The van der Waals surface area contributed by atoms with E-state index in [0.29, 0.717) is 23.6 Å². The highest BCUT2D eigenvalue weighted by atomic mass is 79.9. The molecule has 2 N–H and O–H groups in total. The summed E-state index contributed by atoms with van der Waals surface area (Å²) in [7, 11) is 0. The van der Waals surface area contributed by atoms with Crippen molar-refractivity contribution in [2.45, 2.75) is 48.4 Å². The zero-order valence-corrected chi connectivity index (χ0v) is 22.5. The Balaban J connectivity index is 1.57. The molecule has 3 fully saturated rings. The van der Waals surface area contributed by atoms with Gasteiger partial charge in [-0.2, -0.15) is 0 Å². The Morgan fingerprint density at radius 3 is 2.62 bits per heavy atom. The van der Waals surface area contributed by atoms with Gasteiger partial charge in [-0.05, 0) is 37.5 Å². The molecule has 10 heteroatoms. The third kappa shape index (κ3) is 4.35. The number of amides is 2. The molecule has 2 aromatic carbocycles. The van der Waals surface area contributed by atoms with E-state index in [2.05, 4.69) is 21.2 Å². The molecule has 2 bridgehead atoms. The monoisotopic (exact) mass is 590 g/mol. The summed E-state index contributed by atoms with van der Waals surface area (Å²) < 4.78 is 11.8. The summed E-state index contributed by atoms with van der Waals surface area (Å²) in [6.45, 7) is 1.50. The number of hydrogen-bond acceptors (Lipinski definition) is 6. The minimum Gasteiger partial charge on any atom is -0.466 e. The summed E-state index contributed by atoms with van der Waals surface area (Å²) in [6, 6.07) is 14.5. The normalized spacial score (nSPS) is 30.8. The minimum atomic E-state index is -1.26. The van der Waals surface area contributed by atoms with E-state index in [4.69, 9.17) is 21.1 Å². The number of nitrogens with zero attached hydrogens (tertiary/aromatic N) is 1. The van der Waals surface area contributed by atoms with Crippen LogP contribution >= 0.6 is 27.5 Å². The number of para-hydroxylation sites is 1. The van der Waals surface area contributed by atoms with E-state index in [-0.39, 0.29) is 18.0 Å². The van der Waals surface area contributed by atoms with Crippen LogP contribution in [0.5, 0.6) is 0 Å². The molecule has 5 rings (SSSR count). The number of alkyl halides is 1. The predicted molar refractivity (Wildman–Crippen MR) is 140 cm³/mol. The highest BCUT2D eigenvalue weighted by Crippen LogP contribution is 2.60. The molecule has 8 nitrogen and oxygen atoms in total. The number of carbonyl (C=O) groups excluding carboxylic acids is 3. The van der Waals surface area contributed by atoms with Gasteiger partial charge in [0, 0.05) is 4.83 Å². The molecule has 3 heterocycles. The molecule has 2 amide bonds. The van der Waals surface area contributed by atoms with Gasteiger partial charge in [0.25, 0.3) is 0 Å². The van der Waals surface area contributed by atoms with Gasteiger partial charge in [-0.25, -0.2) is 0 Å². The Labute approximate surface area is 228 Å². The lowest BCUT2D eigenvalue weighted by atomic mass is 9.70. The van der Waals surface area contributed by atoms with Crippen molar-refractivity contribution in [1.82, 2.24) is 4.90 Å². The zero-order valence-electron chi connectivity index (χ0n) is 20.2. The smallest absolute Gasteiger partial charge is 0.312 e. The number of aliphatic hydroxyl groups excluding tert-OH is 1. The molecule has 1 spiro atoms. The molecule has 1 unspecified atom stereocenters. The van der Waals surface area contributed by atoms with E-state index < -0.39 is 53.4 Å². The topological polar surface area (TPSA) is 105 Å². The lowest BCUT2D eigenvalue weighted by Crippen LogP contribution is -2.57. The number of anilines is 1. The average molecular weight is 592 g/mol. The second kappa shape index (κ2) is 10.4. The highest BCUT2D eigenvalue weighted by Gasteiger charge is 2.77. The lowest BCUT2D eigenvalue weighted by Gasteiger charge is -2.37. The molecule has 2 aromatic rings. The molecule has 3 aliphatic rings. The summed E-state index contributed by atoms with van der Waals surface area (Å²) >= 11 is 9.94. The average Bonchev–Trinajstić information content (AvgIpc) is 3.48. The maximum atomic E-state index is 14.1. The van der Waals surface area contributed by atoms with Crippen molar-refractivity contribution in [3.63, 3.8) is 0 Å². The first kappa shape index (κ1) is 26.2. The maximum absolute atomic E-state index is 14.1. The lowest BCUT2D eigenvalue weighted by molar-refractivity contribution is -0.155. The maximum Gasteiger partial charge on any atom is 0.312 e. The van der Waals surface area contributed by atoms with Crippen LogP contribution in [0.1, 0.15) is 18.9 Å². The van der Waals surface area contributed by atoms with E-state index in [1.54, 1.807) is 31.2 Å². The van der Waals surface area contributed by atoms with E-state index in [1.807, 2.05) is 30.3 Å². The molecule has 3 saturated heterocycles. The highest BCUT2D eigenvalue weighted by molar-refractivity contribution is 9.09. The second-order valence-corrected chi connectivity index (χ2v) is 11.2. The Kier molecular flexibility index (Phi) is 7.33. The third-order valence-electron chi connectivity index (χ3n) is 7.58. The molecule has 37 heavy (non-hydrogen) atoms. The van der Waals surface area contributed by atoms with Gasteiger partial charge in [0.15, 0.2) is 0 Å². The molecule has 0 radical (unpaired) electrons. The van der Waals surface area contributed by atoms with Crippen molar-refractivity contribution >= 4 is 51.0 Å². The minimum absolute atomic E-state index is 0.163. The first-order valence-electron chi connectivity index (χ1n) is 12.3. The van der Waals surface area contributed by atoms with Gasteiger partial charge < -0.3 is 24.8 Å². The van der Waals surface area contributed by atoms with Gasteiger partial charge in [-0.15, -0.1) is 0 Å². The van der Waals surface area contributed by atoms with Crippen molar-refractivity contribution in [2.75, 3.05) is 18.5 Å². The number of benzene rings is 2. The SMILES string of the molecule is CCOC(=O)[C@H]1[C@@H]2O[C@@]3(CC2Br)[C@@H]1C(=O)N([C@@H](CO)Cc1ccccc1)[C@@H]3C(=O)Nc1ccccc1Cl. The first-order chi connectivity index (χ1) is 17.8. The Morgan fingerprint density at radius 1 is 1.24 bits per heavy atom. The number of fused-ring (bicyclic) bond motifs is 1. The third-order valence-corrected chi connectivity index (χ3v) is 8.76. The van der Waals surface area contributed by atoms with Crippen LogP contribution in [0, 0.1) is 11.8 Å². The Morgan fingerprint density at radius 2 is 1.95 bits per heavy atom. The summed E-state index contributed by atoms with van der Waals surface area (Å²) in [5.41, 5.74) is 0.0394. The molecular weight excluding hydrogens is 564 g/mol. The van der Waals surface area contributed by atoms with Crippen LogP contribution in [-0.4, -0.2) is 69.6 Å². The molecule has 7 atom stereocenters. The number of halogens is 2. The fourth-order valence-corrected chi connectivity index (χ4v) is 7.29. The molecule has 196 valence electrons. The van der Waals surface area contributed by atoms with Gasteiger partial charge in [0.1, 0.15) is 11.6 Å². The largest absolute Gasteiger partial charge is 0.466 e. The molecular formula is C27H28BrClN2O6. The first-order valence-corrected chi connectivity index (χ1v) is 13.6. The van der Waals surface area contributed by atoms with Gasteiger partial charge in [-0.1, -0.05) is 70.0 Å². The Hall–Kier alpha value is -2.46. The fourth-order valence-electron chi connectivity index (χ4n) is 6.17. The van der Waals surface area contributed by atoms with Crippen molar-refractivity contribution in [3.05, 3.63) is 65.2 Å². The van der Waals surface area contributed by atoms with Gasteiger partial charge in [0.2, 0.25) is 11.8 Å².